The van der Waals surface area contributed by atoms with E-state index < -0.39 is 0 Å². The van der Waals surface area contributed by atoms with Gasteiger partial charge in [-0.1, -0.05) is 18.2 Å². The van der Waals surface area contributed by atoms with E-state index in [1.165, 1.54) is 24.8 Å². The highest BCUT2D eigenvalue weighted by Crippen LogP contribution is 2.36. The molecule has 5 nitrogen and oxygen atoms in total. The van der Waals surface area contributed by atoms with Crippen LogP contribution in [0.25, 0.3) is 0 Å². The van der Waals surface area contributed by atoms with Crippen LogP contribution >= 0.6 is 0 Å². The Hall–Kier alpha value is -2.27. The van der Waals surface area contributed by atoms with E-state index in [9.17, 15) is 4.79 Å². The van der Waals surface area contributed by atoms with Crippen molar-refractivity contribution in [1.29, 1.82) is 0 Å². The summed E-state index contributed by atoms with van der Waals surface area (Å²) in [6.45, 7) is 3.21. The normalized spacial score (nSPS) is 17.8. The Morgan fingerprint density at radius 2 is 1.92 bits per heavy atom. The lowest BCUT2D eigenvalue weighted by molar-refractivity contribution is 0.169. The molecule has 1 aromatic heterocycles. The Bertz CT molecular complexity index is 779. The maximum Gasteiger partial charge on any atom is 0.252 e. The van der Waals surface area contributed by atoms with Gasteiger partial charge < -0.3 is 14.5 Å². The number of hydrogen-bond donors (Lipinski definition) is 1. The monoisotopic (exact) mass is 340 g/mol. The van der Waals surface area contributed by atoms with E-state index in [0.717, 1.165) is 49.0 Å². The summed E-state index contributed by atoms with van der Waals surface area (Å²) in [6.07, 6.45) is 6.29. The molecule has 2 aromatic rings. The van der Waals surface area contributed by atoms with E-state index >= 15 is 0 Å². The van der Waals surface area contributed by atoms with Gasteiger partial charge in [0.15, 0.2) is 11.5 Å². The average molecular weight is 340 g/mol. The second-order valence-electron chi connectivity index (χ2n) is 6.93. The van der Waals surface area contributed by atoms with Crippen molar-refractivity contribution in [3.63, 3.8) is 0 Å². The standard InChI is InChI=1S/C20H24N2O3/c23-20-17(4-2-10-21-20)13-22-11-8-15(9-12-22)6-7-16-3-1-5-18-19(16)25-14-24-18/h1-5,10,15H,6-9,11-14H2,(H,21,23). The summed E-state index contributed by atoms with van der Waals surface area (Å²) in [5.41, 5.74) is 2.15. The first-order valence-corrected chi connectivity index (χ1v) is 9.06. The van der Waals surface area contributed by atoms with Crippen LogP contribution in [0, 0.1) is 5.92 Å². The van der Waals surface area contributed by atoms with E-state index in [1.54, 1.807) is 6.20 Å². The van der Waals surface area contributed by atoms with E-state index in [4.69, 9.17) is 9.47 Å². The molecule has 0 bridgehead atoms. The van der Waals surface area contributed by atoms with Crippen molar-refractivity contribution in [3.05, 3.63) is 58.0 Å². The molecule has 0 saturated carbocycles. The molecule has 4 rings (SSSR count). The Morgan fingerprint density at radius 3 is 2.76 bits per heavy atom. The molecule has 25 heavy (non-hydrogen) atoms. The largest absolute Gasteiger partial charge is 0.454 e. The smallest absolute Gasteiger partial charge is 0.252 e. The van der Waals surface area contributed by atoms with Crippen molar-refractivity contribution in [2.24, 2.45) is 5.92 Å². The van der Waals surface area contributed by atoms with Crippen molar-refractivity contribution in [1.82, 2.24) is 9.88 Å². The molecule has 132 valence electrons. The SMILES string of the molecule is O=c1[nH]cccc1CN1CCC(CCc2cccc3c2OCO3)CC1. The fourth-order valence-corrected chi connectivity index (χ4v) is 3.80. The number of para-hydroxylation sites is 1. The first kappa shape index (κ1) is 16.2. The molecule has 1 aromatic carbocycles. The van der Waals surface area contributed by atoms with Crippen LogP contribution in [0.4, 0.5) is 0 Å². The fourth-order valence-electron chi connectivity index (χ4n) is 3.80. The Morgan fingerprint density at radius 1 is 1.08 bits per heavy atom. The van der Waals surface area contributed by atoms with Crippen LogP contribution in [0.2, 0.25) is 0 Å². The number of rotatable bonds is 5. The summed E-state index contributed by atoms with van der Waals surface area (Å²) in [5.74, 6) is 2.55. The number of fused-ring (bicyclic) bond motifs is 1. The summed E-state index contributed by atoms with van der Waals surface area (Å²) in [7, 11) is 0. The molecule has 0 spiro atoms. The number of aromatic amines is 1. The molecule has 1 saturated heterocycles. The average Bonchev–Trinajstić information content (AvgIpc) is 3.12. The van der Waals surface area contributed by atoms with E-state index in [0.29, 0.717) is 6.79 Å². The maximum atomic E-state index is 11.8. The third kappa shape index (κ3) is 3.71. The minimum Gasteiger partial charge on any atom is -0.454 e. The van der Waals surface area contributed by atoms with Gasteiger partial charge in [0.1, 0.15) is 0 Å². The molecule has 0 unspecified atom stereocenters. The van der Waals surface area contributed by atoms with Gasteiger partial charge in [-0.25, -0.2) is 0 Å². The van der Waals surface area contributed by atoms with Gasteiger partial charge in [0, 0.05) is 18.3 Å². The third-order valence-corrected chi connectivity index (χ3v) is 5.30. The highest BCUT2D eigenvalue weighted by molar-refractivity contribution is 5.48. The van der Waals surface area contributed by atoms with Crippen LogP contribution in [0.5, 0.6) is 11.5 Å². The number of nitrogens with one attached hydrogen (secondary N) is 1. The third-order valence-electron chi connectivity index (χ3n) is 5.30. The molecular weight excluding hydrogens is 316 g/mol. The van der Waals surface area contributed by atoms with Gasteiger partial charge in [-0.3, -0.25) is 9.69 Å². The predicted octanol–water partition coefficient (Wildman–Crippen LogP) is 2.95. The van der Waals surface area contributed by atoms with Crippen LogP contribution in [0.3, 0.4) is 0 Å². The number of aryl methyl sites for hydroxylation is 1. The summed E-state index contributed by atoms with van der Waals surface area (Å²) < 4.78 is 11.1. The molecule has 0 amide bonds. The maximum absolute atomic E-state index is 11.8. The number of H-pyrrole nitrogens is 1. The Balaban J connectivity index is 1.28. The van der Waals surface area contributed by atoms with Gasteiger partial charge in [-0.15, -0.1) is 0 Å². The number of piperidine rings is 1. The van der Waals surface area contributed by atoms with Crippen LogP contribution in [-0.2, 0) is 13.0 Å². The van der Waals surface area contributed by atoms with Crippen LogP contribution in [-0.4, -0.2) is 29.8 Å². The number of aromatic nitrogens is 1. The number of benzene rings is 1. The lowest BCUT2D eigenvalue weighted by Gasteiger charge is -2.31. The van der Waals surface area contributed by atoms with E-state index in [1.807, 2.05) is 24.3 Å². The number of nitrogens with zero attached hydrogens (tertiary/aromatic N) is 1. The summed E-state index contributed by atoms with van der Waals surface area (Å²) >= 11 is 0. The first-order valence-electron chi connectivity index (χ1n) is 9.06. The number of hydrogen-bond acceptors (Lipinski definition) is 4. The molecule has 2 aliphatic rings. The second-order valence-corrected chi connectivity index (χ2v) is 6.93. The molecule has 2 aliphatic heterocycles. The molecule has 1 fully saturated rings. The first-order chi connectivity index (χ1) is 12.3. The minimum absolute atomic E-state index is 0.0322. The van der Waals surface area contributed by atoms with Crippen molar-refractivity contribution in [2.45, 2.75) is 32.2 Å². The number of pyridine rings is 1. The van der Waals surface area contributed by atoms with Crippen molar-refractivity contribution in [2.75, 3.05) is 19.9 Å². The zero-order chi connectivity index (χ0) is 17.1. The van der Waals surface area contributed by atoms with Gasteiger partial charge in [-0.05, 0) is 62.4 Å². The number of ether oxygens (including phenoxy) is 2. The minimum atomic E-state index is 0.0322. The second kappa shape index (κ2) is 7.31. The van der Waals surface area contributed by atoms with E-state index in [2.05, 4.69) is 16.0 Å². The zero-order valence-corrected chi connectivity index (χ0v) is 14.4. The quantitative estimate of drug-likeness (QED) is 0.909. The van der Waals surface area contributed by atoms with Crippen molar-refractivity contribution >= 4 is 0 Å². The molecule has 0 radical (unpaired) electrons. The molecule has 1 N–H and O–H groups in total. The van der Waals surface area contributed by atoms with Gasteiger partial charge in [0.05, 0.1) is 0 Å². The highest BCUT2D eigenvalue weighted by atomic mass is 16.7. The van der Waals surface area contributed by atoms with Gasteiger partial charge in [0.25, 0.3) is 5.56 Å². The van der Waals surface area contributed by atoms with Crippen LogP contribution in [0.1, 0.15) is 30.4 Å². The Kier molecular flexibility index (Phi) is 4.74. The Labute approximate surface area is 147 Å². The van der Waals surface area contributed by atoms with Crippen LogP contribution in [0.15, 0.2) is 41.3 Å². The van der Waals surface area contributed by atoms with Crippen molar-refractivity contribution in [3.8, 4) is 11.5 Å². The topological polar surface area (TPSA) is 54.6 Å². The van der Waals surface area contributed by atoms with Gasteiger partial charge in [0.2, 0.25) is 6.79 Å². The van der Waals surface area contributed by atoms with Gasteiger partial charge >= 0.3 is 0 Å². The molecule has 0 atom stereocenters. The molecular formula is C20H24N2O3. The number of likely N-dealkylation sites (tertiary alicyclic amines) is 1. The zero-order valence-electron chi connectivity index (χ0n) is 14.4. The highest BCUT2D eigenvalue weighted by Gasteiger charge is 2.22. The summed E-state index contributed by atoms with van der Waals surface area (Å²) in [6, 6.07) is 9.97. The molecule has 0 aliphatic carbocycles. The summed E-state index contributed by atoms with van der Waals surface area (Å²) in [5, 5.41) is 0. The van der Waals surface area contributed by atoms with E-state index in [-0.39, 0.29) is 5.56 Å². The lowest BCUT2D eigenvalue weighted by atomic mass is 9.90. The fraction of sp³-hybridized carbons (Fsp3) is 0.450. The molecule has 5 heteroatoms. The van der Waals surface area contributed by atoms with Gasteiger partial charge in [-0.2, -0.15) is 0 Å². The lowest BCUT2D eigenvalue weighted by Crippen LogP contribution is -2.34. The van der Waals surface area contributed by atoms with Crippen LogP contribution < -0.4 is 15.0 Å². The predicted molar refractivity (Wildman–Crippen MR) is 95.9 cm³/mol. The summed E-state index contributed by atoms with van der Waals surface area (Å²) in [4.78, 5) is 16.9. The molecule has 3 heterocycles. The van der Waals surface area contributed by atoms with Crippen molar-refractivity contribution < 1.29 is 9.47 Å².